The third-order valence-electron chi connectivity index (χ3n) is 5.02. The first-order chi connectivity index (χ1) is 14.0. The standard InChI is InChI=1S/C22H23N3O2S2/c1-14-10-15(2)13-25(12-14)22(27)16-6-3-4-7-17(16)24-20(26)19-11-23-21(29-19)18-8-5-9-28-18/h3-9,11,14-15H,10,12-13H2,1-2H3,(H,24,26). The maximum absolute atomic E-state index is 13.2. The van der Waals surface area contributed by atoms with Crippen molar-refractivity contribution in [2.45, 2.75) is 20.3 Å². The van der Waals surface area contributed by atoms with E-state index in [-0.39, 0.29) is 11.8 Å². The molecule has 2 unspecified atom stereocenters. The average molecular weight is 426 g/mol. The summed E-state index contributed by atoms with van der Waals surface area (Å²) >= 11 is 2.95. The zero-order valence-corrected chi connectivity index (χ0v) is 18.1. The van der Waals surface area contributed by atoms with Gasteiger partial charge in [-0.2, -0.15) is 0 Å². The molecular formula is C22H23N3O2S2. The van der Waals surface area contributed by atoms with Crippen molar-refractivity contribution in [3.8, 4) is 9.88 Å². The number of likely N-dealkylation sites (tertiary alicyclic amines) is 1. The predicted octanol–water partition coefficient (Wildman–Crippen LogP) is 5.24. The van der Waals surface area contributed by atoms with Crippen molar-refractivity contribution in [3.63, 3.8) is 0 Å². The van der Waals surface area contributed by atoms with Gasteiger partial charge in [-0.1, -0.05) is 32.0 Å². The Morgan fingerprint density at radius 2 is 1.86 bits per heavy atom. The highest BCUT2D eigenvalue weighted by Gasteiger charge is 2.27. The van der Waals surface area contributed by atoms with E-state index in [9.17, 15) is 9.59 Å². The summed E-state index contributed by atoms with van der Waals surface area (Å²) in [5, 5.41) is 5.73. The number of thiazole rings is 1. The number of nitrogens with zero attached hydrogens (tertiary/aromatic N) is 2. The summed E-state index contributed by atoms with van der Waals surface area (Å²) in [5.74, 6) is 0.698. The normalized spacial score (nSPS) is 19.2. The Balaban J connectivity index is 1.52. The van der Waals surface area contributed by atoms with Gasteiger partial charge in [0.05, 0.1) is 22.3 Å². The van der Waals surface area contributed by atoms with E-state index < -0.39 is 0 Å². The van der Waals surface area contributed by atoms with Gasteiger partial charge in [0.15, 0.2) is 0 Å². The molecule has 2 atom stereocenters. The summed E-state index contributed by atoms with van der Waals surface area (Å²) < 4.78 is 0. The summed E-state index contributed by atoms with van der Waals surface area (Å²) in [7, 11) is 0. The Kier molecular flexibility index (Phi) is 5.78. The lowest BCUT2D eigenvalue weighted by Crippen LogP contribution is -2.42. The van der Waals surface area contributed by atoms with Gasteiger partial charge in [0.1, 0.15) is 9.88 Å². The Hall–Kier alpha value is -2.51. The minimum absolute atomic E-state index is 0.0251. The number of hydrogen-bond donors (Lipinski definition) is 1. The van der Waals surface area contributed by atoms with Gasteiger partial charge in [-0.25, -0.2) is 4.98 Å². The summed E-state index contributed by atoms with van der Waals surface area (Å²) in [6.45, 7) is 5.87. The number of amides is 2. The van der Waals surface area contributed by atoms with E-state index in [0.717, 1.165) is 29.4 Å². The van der Waals surface area contributed by atoms with Crippen LogP contribution in [0.5, 0.6) is 0 Å². The molecule has 2 amide bonds. The molecule has 150 valence electrons. The van der Waals surface area contributed by atoms with Gasteiger partial charge in [-0.05, 0) is 41.8 Å². The molecule has 0 bridgehead atoms. The summed E-state index contributed by atoms with van der Waals surface area (Å²) in [4.78, 5) is 33.8. The van der Waals surface area contributed by atoms with Crippen molar-refractivity contribution in [3.05, 3.63) is 58.4 Å². The molecule has 0 spiro atoms. The maximum atomic E-state index is 13.2. The minimum Gasteiger partial charge on any atom is -0.338 e. The highest BCUT2D eigenvalue weighted by atomic mass is 32.1. The molecule has 2 aromatic heterocycles. The van der Waals surface area contributed by atoms with Crippen LogP contribution in [0.3, 0.4) is 0 Å². The number of thiophene rings is 1. The first-order valence-electron chi connectivity index (χ1n) is 9.70. The number of aromatic nitrogens is 1. The largest absolute Gasteiger partial charge is 0.338 e. The summed E-state index contributed by atoms with van der Waals surface area (Å²) in [6.07, 6.45) is 2.73. The number of carbonyl (C=O) groups is 2. The first kappa shape index (κ1) is 19.8. The van der Waals surface area contributed by atoms with Crippen molar-refractivity contribution < 1.29 is 9.59 Å². The van der Waals surface area contributed by atoms with E-state index in [4.69, 9.17) is 0 Å². The number of para-hydroxylation sites is 1. The van der Waals surface area contributed by atoms with Crippen molar-refractivity contribution >= 4 is 40.2 Å². The van der Waals surface area contributed by atoms with Crippen LogP contribution in [0.15, 0.2) is 48.0 Å². The highest BCUT2D eigenvalue weighted by molar-refractivity contribution is 7.22. The van der Waals surface area contributed by atoms with Crippen LogP contribution in [-0.4, -0.2) is 34.8 Å². The fourth-order valence-corrected chi connectivity index (χ4v) is 5.47. The van der Waals surface area contributed by atoms with E-state index in [1.54, 1.807) is 29.7 Å². The van der Waals surface area contributed by atoms with Crippen LogP contribution in [0.25, 0.3) is 9.88 Å². The lowest BCUT2D eigenvalue weighted by molar-refractivity contribution is 0.0624. The van der Waals surface area contributed by atoms with Crippen LogP contribution in [0.1, 0.15) is 40.3 Å². The van der Waals surface area contributed by atoms with E-state index in [1.165, 1.54) is 11.3 Å². The van der Waals surface area contributed by atoms with Gasteiger partial charge in [-0.3, -0.25) is 9.59 Å². The number of piperidine rings is 1. The quantitative estimate of drug-likeness (QED) is 0.622. The van der Waals surface area contributed by atoms with Crippen LogP contribution in [0.2, 0.25) is 0 Å². The van der Waals surface area contributed by atoms with Crippen molar-refractivity contribution in [1.29, 1.82) is 0 Å². The zero-order chi connectivity index (χ0) is 20.4. The Bertz CT molecular complexity index is 1000. The van der Waals surface area contributed by atoms with E-state index in [1.807, 2.05) is 34.5 Å². The summed E-state index contributed by atoms with van der Waals surface area (Å²) in [6, 6.07) is 11.2. The topological polar surface area (TPSA) is 62.3 Å². The third-order valence-corrected chi connectivity index (χ3v) is 7.06. The molecule has 0 aliphatic carbocycles. The fraction of sp³-hybridized carbons (Fsp3) is 0.318. The second-order valence-corrected chi connectivity index (χ2v) is 9.64. The van der Waals surface area contributed by atoms with Gasteiger partial charge in [0.2, 0.25) is 0 Å². The van der Waals surface area contributed by atoms with Crippen LogP contribution < -0.4 is 5.32 Å². The minimum atomic E-state index is -0.245. The number of rotatable bonds is 4. The molecule has 7 heteroatoms. The number of hydrogen-bond acceptors (Lipinski definition) is 5. The van der Waals surface area contributed by atoms with Gasteiger partial charge < -0.3 is 10.2 Å². The van der Waals surface area contributed by atoms with Crippen molar-refractivity contribution in [1.82, 2.24) is 9.88 Å². The van der Waals surface area contributed by atoms with Crippen molar-refractivity contribution in [2.75, 3.05) is 18.4 Å². The molecule has 1 aliphatic heterocycles. The van der Waals surface area contributed by atoms with Crippen LogP contribution in [-0.2, 0) is 0 Å². The summed E-state index contributed by atoms with van der Waals surface area (Å²) in [5.41, 5.74) is 1.07. The fourth-order valence-electron chi connectivity index (χ4n) is 3.85. The number of anilines is 1. The molecule has 1 aliphatic rings. The number of benzene rings is 1. The number of carbonyl (C=O) groups excluding carboxylic acids is 2. The smallest absolute Gasteiger partial charge is 0.267 e. The molecule has 1 aromatic carbocycles. The van der Waals surface area contributed by atoms with E-state index in [2.05, 4.69) is 24.1 Å². The molecule has 3 heterocycles. The third kappa shape index (κ3) is 4.41. The molecule has 29 heavy (non-hydrogen) atoms. The second-order valence-electron chi connectivity index (χ2n) is 7.66. The van der Waals surface area contributed by atoms with Crippen LogP contribution >= 0.6 is 22.7 Å². The molecular weight excluding hydrogens is 402 g/mol. The number of nitrogens with one attached hydrogen (secondary N) is 1. The average Bonchev–Trinajstić information content (AvgIpc) is 3.39. The van der Waals surface area contributed by atoms with Gasteiger partial charge in [-0.15, -0.1) is 22.7 Å². The SMILES string of the molecule is CC1CC(C)CN(C(=O)c2ccccc2NC(=O)c2cnc(-c3cccs3)s2)C1. The lowest BCUT2D eigenvalue weighted by Gasteiger charge is -2.35. The molecule has 1 saturated heterocycles. The molecule has 5 nitrogen and oxygen atoms in total. The van der Waals surface area contributed by atoms with Gasteiger partial charge in [0.25, 0.3) is 11.8 Å². The van der Waals surface area contributed by atoms with Gasteiger partial charge >= 0.3 is 0 Å². The molecule has 4 rings (SSSR count). The Morgan fingerprint density at radius 3 is 2.59 bits per heavy atom. The van der Waals surface area contributed by atoms with Gasteiger partial charge in [0, 0.05) is 13.1 Å². The Morgan fingerprint density at radius 1 is 1.10 bits per heavy atom. The van der Waals surface area contributed by atoms with E-state index >= 15 is 0 Å². The maximum Gasteiger partial charge on any atom is 0.267 e. The molecule has 1 N–H and O–H groups in total. The molecule has 3 aromatic rings. The molecule has 0 saturated carbocycles. The highest BCUT2D eigenvalue weighted by Crippen LogP contribution is 2.30. The Labute approximate surface area is 178 Å². The molecule has 1 fully saturated rings. The van der Waals surface area contributed by atoms with E-state index in [0.29, 0.717) is 28.0 Å². The zero-order valence-electron chi connectivity index (χ0n) is 16.4. The second kappa shape index (κ2) is 8.47. The molecule has 0 radical (unpaired) electrons. The monoisotopic (exact) mass is 425 g/mol. The lowest BCUT2D eigenvalue weighted by atomic mass is 9.91. The van der Waals surface area contributed by atoms with Crippen molar-refractivity contribution in [2.24, 2.45) is 11.8 Å². The van der Waals surface area contributed by atoms with Crippen LogP contribution in [0, 0.1) is 11.8 Å². The first-order valence-corrected chi connectivity index (χ1v) is 11.4. The predicted molar refractivity (Wildman–Crippen MR) is 119 cm³/mol. The van der Waals surface area contributed by atoms with Crippen LogP contribution in [0.4, 0.5) is 5.69 Å².